The molecule has 4 rings (SSSR count). The van der Waals surface area contributed by atoms with Gasteiger partial charge in [0.25, 0.3) is 0 Å². The van der Waals surface area contributed by atoms with E-state index in [9.17, 15) is 5.11 Å². The third-order valence-corrected chi connectivity index (χ3v) is 5.89. The molecule has 2 heterocycles. The number of ether oxygens (including phenoxy) is 1. The second-order valence-corrected chi connectivity index (χ2v) is 7.74. The summed E-state index contributed by atoms with van der Waals surface area (Å²) in [5, 5.41) is 26.7. The number of methoxy groups -OCH3 is 1. The maximum absolute atomic E-state index is 12.2. The Morgan fingerprint density at radius 2 is 1.70 bits per heavy atom. The third-order valence-electron chi connectivity index (χ3n) is 5.89. The molecule has 7 heteroatoms. The molecule has 1 aliphatic heterocycles. The highest BCUT2D eigenvalue weighted by Crippen LogP contribution is 2.42. The number of hydrogen-bond acceptors (Lipinski definition) is 6. The van der Waals surface area contributed by atoms with Gasteiger partial charge in [0.05, 0.1) is 12.7 Å². The highest BCUT2D eigenvalue weighted by Gasteiger charge is 2.37. The molecule has 0 radical (unpaired) electrons. The molecule has 1 aliphatic rings. The highest BCUT2D eigenvalue weighted by atomic mass is 16.5. The zero-order valence-electron chi connectivity index (χ0n) is 19.0. The lowest BCUT2D eigenvalue weighted by Crippen LogP contribution is -2.31. The van der Waals surface area contributed by atoms with Crippen LogP contribution in [-0.2, 0) is 10.3 Å². The van der Waals surface area contributed by atoms with Crippen molar-refractivity contribution in [2.45, 2.75) is 18.9 Å². The molecule has 0 atom stereocenters. The number of likely N-dealkylation sites (N-methyl/N-ethyl adjacent to an activating group) is 1. The van der Waals surface area contributed by atoms with Crippen LogP contribution < -0.4 is 0 Å². The van der Waals surface area contributed by atoms with Crippen LogP contribution in [0.15, 0.2) is 102 Å². The Balaban J connectivity index is 1.91. The lowest BCUT2D eigenvalue weighted by molar-refractivity contribution is 0.123. The fourth-order valence-electron chi connectivity index (χ4n) is 4.18. The number of aliphatic hydroxyl groups is 1. The molecule has 0 fully saturated rings. The predicted molar refractivity (Wildman–Crippen MR) is 127 cm³/mol. The molecule has 0 saturated carbocycles. The number of H-pyrrole nitrogens is 1. The molecule has 33 heavy (non-hydrogen) atoms. The van der Waals surface area contributed by atoms with Crippen molar-refractivity contribution >= 4 is 5.57 Å². The summed E-state index contributed by atoms with van der Waals surface area (Å²) in [6.07, 6.45) is 4.46. The second kappa shape index (κ2) is 9.26. The number of aromatic nitrogens is 4. The van der Waals surface area contributed by atoms with Crippen LogP contribution in [0.25, 0.3) is 5.57 Å². The number of benzene rings is 2. The molecule has 0 bridgehead atoms. The Morgan fingerprint density at radius 1 is 1.09 bits per heavy atom. The Labute approximate surface area is 193 Å². The van der Waals surface area contributed by atoms with Gasteiger partial charge in [0, 0.05) is 18.9 Å². The Bertz CT molecular complexity index is 1170. The number of aromatic amines is 1. The zero-order valence-corrected chi connectivity index (χ0v) is 19.0. The zero-order chi connectivity index (χ0) is 23.4. The first kappa shape index (κ1) is 22.2. The molecule has 2 N–H and O–H groups in total. The number of nitrogens with one attached hydrogen (secondary N) is 1. The van der Waals surface area contributed by atoms with Crippen molar-refractivity contribution in [1.82, 2.24) is 25.5 Å². The van der Waals surface area contributed by atoms with E-state index in [0.29, 0.717) is 29.2 Å². The minimum absolute atomic E-state index is 0.427. The smallest absolute Gasteiger partial charge is 0.208 e. The molecule has 0 amide bonds. The van der Waals surface area contributed by atoms with Crippen molar-refractivity contribution in [2.75, 3.05) is 14.2 Å². The van der Waals surface area contributed by atoms with Gasteiger partial charge in [0.1, 0.15) is 11.4 Å². The second-order valence-electron chi connectivity index (χ2n) is 7.74. The first-order valence-corrected chi connectivity index (χ1v) is 10.7. The summed E-state index contributed by atoms with van der Waals surface area (Å²) in [5.41, 5.74) is 3.16. The van der Waals surface area contributed by atoms with E-state index in [1.54, 1.807) is 7.11 Å². The minimum atomic E-state index is -1.41. The fraction of sp³-hybridized carbons (Fsp3) is 0.192. The van der Waals surface area contributed by atoms with Crippen LogP contribution in [-0.4, -0.2) is 44.8 Å². The average molecular weight is 442 g/mol. The monoisotopic (exact) mass is 441 g/mol. The summed E-state index contributed by atoms with van der Waals surface area (Å²) in [6, 6.07) is 19.2. The van der Waals surface area contributed by atoms with Gasteiger partial charge in [-0.3, -0.25) is 0 Å². The molecule has 0 spiro atoms. The molecule has 0 unspecified atom stereocenters. The summed E-state index contributed by atoms with van der Waals surface area (Å²) < 4.78 is 5.56. The van der Waals surface area contributed by atoms with Gasteiger partial charge in [0.15, 0.2) is 0 Å². The summed E-state index contributed by atoms with van der Waals surface area (Å²) in [4.78, 5) is 1.96. The van der Waals surface area contributed by atoms with Crippen molar-refractivity contribution < 1.29 is 9.84 Å². The van der Waals surface area contributed by atoms with Crippen molar-refractivity contribution in [2.24, 2.45) is 0 Å². The molecule has 3 aromatic rings. The number of tetrazole rings is 1. The standard InChI is InChI=1S/C26H27N5O2/c1-5-21(23-16-22(25-27-29-30-28-25)24(33-4)17-31(23)3)18(2)26(32,19-12-8-6-9-13-19)20-14-10-7-11-15-20/h6-17,32H,2,5H2,1,3-4H3,(H,27,28,29,30)/b23-21-. The van der Waals surface area contributed by atoms with Crippen molar-refractivity contribution in [3.05, 3.63) is 119 Å². The molecule has 1 aromatic heterocycles. The SMILES string of the molecule is C=C(/C(CC)=C1/C=C(c2nn[nH]n2)C(OC)=CN1C)C(O)(c1ccccc1)c1ccccc1. The van der Waals surface area contributed by atoms with Gasteiger partial charge in [-0.1, -0.05) is 74.2 Å². The van der Waals surface area contributed by atoms with E-state index in [1.807, 2.05) is 84.9 Å². The summed E-state index contributed by atoms with van der Waals surface area (Å²) in [5.74, 6) is 1.04. The van der Waals surface area contributed by atoms with Gasteiger partial charge < -0.3 is 14.7 Å². The van der Waals surface area contributed by atoms with E-state index >= 15 is 0 Å². The number of rotatable bonds is 7. The van der Waals surface area contributed by atoms with Crippen LogP contribution in [0.2, 0.25) is 0 Å². The fourth-order valence-corrected chi connectivity index (χ4v) is 4.18. The van der Waals surface area contributed by atoms with E-state index in [0.717, 1.165) is 22.4 Å². The van der Waals surface area contributed by atoms with E-state index in [4.69, 9.17) is 4.74 Å². The molecular formula is C26H27N5O2. The first-order chi connectivity index (χ1) is 16.0. The number of hydrogen-bond donors (Lipinski definition) is 2. The van der Waals surface area contributed by atoms with Gasteiger partial charge in [-0.05, 0) is 40.0 Å². The molecule has 2 aromatic carbocycles. The highest BCUT2D eigenvalue weighted by molar-refractivity contribution is 5.77. The summed E-state index contributed by atoms with van der Waals surface area (Å²) in [7, 11) is 3.54. The van der Waals surface area contributed by atoms with Crippen molar-refractivity contribution in [3.63, 3.8) is 0 Å². The minimum Gasteiger partial charge on any atom is -0.494 e. The van der Waals surface area contributed by atoms with Gasteiger partial charge >= 0.3 is 0 Å². The van der Waals surface area contributed by atoms with Crippen LogP contribution in [0.4, 0.5) is 0 Å². The van der Waals surface area contributed by atoms with Gasteiger partial charge in [0.2, 0.25) is 5.82 Å². The van der Waals surface area contributed by atoms with E-state index in [1.165, 1.54) is 0 Å². The first-order valence-electron chi connectivity index (χ1n) is 10.7. The van der Waals surface area contributed by atoms with Gasteiger partial charge in [-0.15, -0.1) is 10.2 Å². The van der Waals surface area contributed by atoms with Crippen molar-refractivity contribution in [1.29, 1.82) is 0 Å². The molecular weight excluding hydrogens is 414 g/mol. The lowest BCUT2D eigenvalue weighted by atomic mass is 9.76. The predicted octanol–water partition coefficient (Wildman–Crippen LogP) is 4.17. The molecule has 0 saturated heterocycles. The van der Waals surface area contributed by atoms with E-state index in [-0.39, 0.29) is 0 Å². The molecule has 0 aliphatic carbocycles. The normalized spacial score (nSPS) is 15.6. The van der Waals surface area contributed by atoms with E-state index < -0.39 is 5.60 Å². The van der Waals surface area contributed by atoms with Crippen LogP contribution in [0.5, 0.6) is 0 Å². The molecule has 7 nitrogen and oxygen atoms in total. The maximum atomic E-state index is 12.2. The number of allylic oxidation sites excluding steroid dienone is 2. The van der Waals surface area contributed by atoms with Crippen LogP contribution in [0.1, 0.15) is 30.3 Å². The van der Waals surface area contributed by atoms with Crippen molar-refractivity contribution in [3.8, 4) is 0 Å². The van der Waals surface area contributed by atoms with Crippen LogP contribution >= 0.6 is 0 Å². The Hall–Kier alpha value is -3.97. The quantitative estimate of drug-likeness (QED) is 0.572. The van der Waals surface area contributed by atoms with Crippen LogP contribution in [0.3, 0.4) is 0 Å². The lowest BCUT2D eigenvalue weighted by Gasteiger charge is -2.35. The topological polar surface area (TPSA) is 87.2 Å². The van der Waals surface area contributed by atoms with Crippen LogP contribution in [0, 0.1) is 0 Å². The Kier molecular flexibility index (Phi) is 6.24. The Morgan fingerprint density at radius 3 is 2.18 bits per heavy atom. The average Bonchev–Trinajstić information content (AvgIpc) is 3.40. The third kappa shape index (κ3) is 3.99. The summed E-state index contributed by atoms with van der Waals surface area (Å²) in [6.45, 7) is 6.47. The van der Waals surface area contributed by atoms with E-state index in [2.05, 4.69) is 34.1 Å². The largest absolute Gasteiger partial charge is 0.494 e. The molecule has 168 valence electrons. The summed E-state index contributed by atoms with van der Waals surface area (Å²) >= 11 is 0. The van der Waals surface area contributed by atoms with Gasteiger partial charge in [-0.2, -0.15) is 5.21 Å². The number of nitrogens with zero attached hydrogens (tertiary/aromatic N) is 4. The van der Waals surface area contributed by atoms with Gasteiger partial charge in [-0.25, -0.2) is 0 Å². The maximum Gasteiger partial charge on any atom is 0.208 e.